The summed E-state index contributed by atoms with van der Waals surface area (Å²) in [6.45, 7) is 3.24. The van der Waals surface area contributed by atoms with Gasteiger partial charge in [-0.2, -0.15) is 0 Å². The number of benzene rings is 2. The van der Waals surface area contributed by atoms with Gasteiger partial charge in [-0.25, -0.2) is 9.78 Å². The van der Waals surface area contributed by atoms with Crippen LogP contribution in [0.5, 0.6) is 0 Å². The van der Waals surface area contributed by atoms with E-state index >= 15 is 0 Å². The molecule has 3 aromatic rings. The lowest BCUT2D eigenvalue weighted by atomic mass is 10.1. The number of amides is 2. The third-order valence-corrected chi connectivity index (χ3v) is 4.84. The number of halogens is 1. The summed E-state index contributed by atoms with van der Waals surface area (Å²) in [5, 5.41) is 5.86. The summed E-state index contributed by atoms with van der Waals surface area (Å²) < 4.78 is 3.00. The maximum Gasteiger partial charge on any atom is 0.315 e. The minimum absolute atomic E-state index is 0.0804. The Kier molecular flexibility index (Phi) is 6.07. The molecule has 1 aromatic heterocycles. The minimum Gasteiger partial charge on any atom is -0.334 e. The first-order chi connectivity index (χ1) is 12.6. The third-order valence-electron chi connectivity index (χ3n) is 4.12. The predicted molar refractivity (Wildman–Crippen MR) is 106 cm³/mol. The zero-order valence-electron chi connectivity index (χ0n) is 14.5. The molecule has 0 saturated carbocycles. The summed E-state index contributed by atoms with van der Waals surface area (Å²) in [6.07, 6.45) is 5.50. The highest BCUT2D eigenvalue weighted by molar-refractivity contribution is 9.10. The van der Waals surface area contributed by atoms with Crippen LogP contribution in [0.1, 0.15) is 29.7 Å². The van der Waals surface area contributed by atoms with Crippen molar-refractivity contribution >= 4 is 22.0 Å². The molecule has 0 bridgehead atoms. The Hall–Kier alpha value is -2.60. The Balaban J connectivity index is 1.49. The number of nitrogens with one attached hydrogen (secondary N) is 2. The molecule has 134 valence electrons. The van der Waals surface area contributed by atoms with Gasteiger partial charge in [0.1, 0.15) is 0 Å². The number of imidazole rings is 1. The number of hydrogen-bond acceptors (Lipinski definition) is 2. The first kappa shape index (κ1) is 18.2. The summed E-state index contributed by atoms with van der Waals surface area (Å²) in [7, 11) is 0. The molecule has 0 aliphatic rings. The Morgan fingerprint density at radius 2 is 1.88 bits per heavy atom. The molecule has 2 amide bonds. The van der Waals surface area contributed by atoms with E-state index in [-0.39, 0.29) is 12.1 Å². The maximum atomic E-state index is 12.1. The lowest BCUT2D eigenvalue weighted by Gasteiger charge is -2.16. The van der Waals surface area contributed by atoms with Crippen LogP contribution in [-0.4, -0.2) is 15.6 Å². The van der Waals surface area contributed by atoms with Crippen LogP contribution in [-0.2, 0) is 13.1 Å². The van der Waals surface area contributed by atoms with E-state index in [0.29, 0.717) is 6.54 Å². The summed E-state index contributed by atoms with van der Waals surface area (Å²) in [4.78, 5) is 16.2. The number of hydrogen-bond donors (Lipinski definition) is 2. The molecule has 0 aliphatic carbocycles. The van der Waals surface area contributed by atoms with Crippen molar-refractivity contribution in [2.45, 2.75) is 26.1 Å². The molecule has 2 aromatic carbocycles. The Morgan fingerprint density at radius 1 is 1.15 bits per heavy atom. The van der Waals surface area contributed by atoms with Crippen molar-refractivity contribution in [3.05, 3.63) is 88.4 Å². The highest BCUT2D eigenvalue weighted by atomic mass is 79.9. The van der Waals surface area contributed by atoms with Crippen molar-refractivity contribution in [1.82, 2.24) is 20.2 Å². The van der Waals surface area contributed by atoms with Crippen molar-refractivity contribution < 1.29 is 4.79 Å². The van der Waals surface area contributed by atoms with E-state index in [2.05, 4.69) is 43.7 Å². The van der Waals surface area contributed by atoms with Crippen LogP contribution in [0.2, 0.25) is 0 Å². The summed E-state index contributed by atoms with van der Waals surface area (Å²) in [5.41, 5.74) is 3.30. The van der Waals surface area contributed by atoms with E-state index in [1.807, 2.05) is 54.1 Å². The van der Waals surface area contributed by atoms with E-state index < -0.39 is 0 Å². The Labute approximate surface area is 161 Å². The number of aromatic nitrogens is 2. The van der Waals surface area contributed by atoms with Gasteiger partial charge in [0, 0.05) is 30.0 Å². The zero-order valence-corrected chi connectivity index (χ0v) is 16.1. The van der Waals surface area contributed by atoms with Gasteiger partial charge in [-0.15, -0.1) is 0 Å². The molecule has 0 aliphatic heterocycles. The van der Waals surface area contributed by atoms with Gasteiger partial charge < -0.3 is 15.2 Å². The van der Waals surface area contributed by atoms with E-state index in [4.69, 9.17) is 0 Å². The molecule has 0 spiro atoms. The molecule has 26 heavy (non-hydrogen) atoms. The van der Waals surface area contributed by atoms with Crippen LogP contribution in [0.3, 0.4) is 0 Å². The molecule has 0 fully saturated rings. The zero-order chi connectivity index (χ0) is 18.4. The van der Waals surface area contributed by atoms with Crippen LogP contribution < -0.4 is 10.6 Å². The largest absolute Gasteiger partial charge is 0.334 e. The minimum atomic E-state index is -0.184. The molecule has 1 atom stereocenters. The van der Waals surface area contributed by atoms with E-state index in [1.54, 1.807) is 12.5 Å². The van der Waals surface area contributed by atoms with Gasteiger partial charge >= 0.3 is 6.03 Å². The number of urea groups is 1. The average Bonchev–Trinajstić information content (AvgIpc) is 3.14. The van der Waals surface area contributed by atoms with Gasteiger partial charge in [0.2, 0.25) is 0 Å². The first-order valence-electron chi connectivity index (χ1n) is 8.44. The molecule has 0 radical (unpaired) electrons. The third kappa shape index (κ3) is 4.95. The molecule has 3 rings (SSSR count). The molecular formula is C20H21BrN4O. The van der Waals surface area contributed by atoms with Crippen LogP contribution in [0.15, 0.2) is 71.7 Å². The molecule has 0 saturated heterocycles. The fraction of sp³-hybridized carbons (Fsp3) is 0.200. The molecular weight excluding hydrogens is 392 g/mol. The molecule has 2 N–H and O–H groups in total. The number of carbonyl (C=O) groups excluding carboxylic acids is 1. The second-order valence-corrected chi connectivity index (χ2v) is 6.98. The van der Waals surface area contributed by atoms with Gasteiger partial charge in [0.15, 0.2) is 0 Å². The van der Waals surface area contributed by atoms with E-state index in [9.17, 15) is 4.79 Å². The van der Waals surface area contributed by atoms with Crippen LogP contribution >= 0.6 is 15.9 Å². The van der Waals surface area contributed by atoms with Crippen molar-refractivity contribution in [1.29, 1.82) is 0 Å². The normalized spacial score (nSPS) is 11.8. The highest BCUT2D eigenvalue weighted by Crippen LogP contribution is 2.22. The second kappa shape index (κ2) is 8.67. The topological polar surface area (TPSA) is 59.0 Å². The second-order valence-electron chi connectivity index (χ2n) is 6.12. The lowest BCUT2D eigenvalue weighted by molar-refractivity contribution is 0.237. The quantitative estimate of drug-likeness (QED) is 0.635. The maximum absolute atomic E-state index is 12.1. The van der Waals surface area contributed by atoms with Gasteiger partial charge in [-0.05, 0) is 29.7 Å². The molecule has 5 nitrogen and oxygen atoms in total. The SMILES string of the molecule is CC(NC(=O)NCc1ccc(Cn2ccnc2)cc1)c1ccccc1Br. The van der Waals surface area contributed by atoms with Crippen LogP contribution in [0.4, 0.5) is 4.79 Å². The lowest BCUT2D eigenvalue weighted by Crippen LogP contribution is -2.36. The van der Waals surface area contributed by atoms with Crippen LogP contribution in [0, 0.1) is 0 Å². The fourth-order valence-electron chi connectivity index (χ4n) is 2.69. The van der Waals surface area contributed by atoms with Gasteiger partial charge in [-0.3, -0.25) is 0 Å². The van der Waals surface area contributed by atoms with Gasteiger partial charge in [0.25, 0.3) is 0 Å². The van der Waals surface area contributed by atoms with E-state index in [1.165, 1.54) is 5.56 Å². The number of nitrogens with zero attached hydrogens (tertiary/aromatic N) is 2. The predicted octanol–water partition coefficient (Wildman–Crippen LogP) is 4.25. The van der Waals surface area contributed by atoms with E-state index in [0.717, 1.165) is 22.1 Å². The standard InChI is InChI=1S/C20H21BrN4O/c1-15(18-4-2-3-5-19(18)21)24-20(26)23-12-16-6-8-17(9-7-16)13-25-11-10-22-14-25/h2-11,14-15H,12-13H2,1H3,(H2,23,24,26). The molecule has 1 heterocycles. The molecule has 6 heteroatoms. The van der Waals surface area contributed by atoms with Crippen molar-refractivity contribution in [2.24, 2.45) is 0 Å². The highest BCUT2D eigenvalue weighted by Gasteiger charge is 2.11. The Bertz CT molecular complexity index is 847. The van der Waals surface area contributed by atoms with Crippen LogP contribution in [0.25, 0.3) is 0 Å². The average molecular weight is 413 g/mol. The summed E-state index contributed by atoms with van der Waals surface area (Å²) in [6, 6.07) is 15.8. The number of carbonyl (C=O) groups is 1. The van der Waals surface area contributed by atoms with Crippen molar-refractivity contribution in [3.63, 3.8) is 0 Å². The van der Waals surface area contributed by atoms with Gasteiger partial charge in [0.05, 0.1) is 12.4 Å². The molecule has 1 unspecified atom stereocenters. The van der Waals surface area contributed by atoms with Crippen molar-refractivity contribution in [3.8, 4) is 0 Å². The summed E-state index contributed by atoms with van der Waals surface area (Å²) in [5.74, 6) is 0. The van der Waals surface area contributed by atoms with Gasteiger partial charge in [-0.1, -0.05) is 58.4 Å². The number of rotatable bonds is 6. The summed E-state index contributed by atoms with van der Waals surface area (Å²) >= 11 is 3.51. The first-order valence-corrected chi connectivity index (χ1v) is 9.23. The monoisotopic (exact) mass is 412 g/mol. The Morgan fingerprint density at radius 3 is 2.58 bits per heavy atom. The smallest absolute Gasteiger partial charge is 0.315 e. The fourth-order valence-corrected chi connectivity index (χ4v) is 3.32. The van der Waals surface area contributed by atoms with Crippen molar-refractivity contribution in [2.75, 3.05) is 0 Å².